The SMILES string of the molecule is COc1c(O)ccc2c1CCn1c-2cc(=O)cc1N(C)C1COCCO1. The lowest BCUT2D eigenvalue weighted by Gasteiger charge is -2.36. The second-order valence-corrected chi connectivity index (χ2v) is 6.49. The van der Waals surface area contributed by atoms with E-state index in [0.29, 0.717) is 38.5 Å². The number of pyridine rings is 1. The van der Waals surface area contributed by atoms with Crippen molar-refractivity contribution in [1.29, 1.82) is 0 Å². The number of methoxy groups -OCH3 is 1. The number of anilines is 1. The number of likely N-dealkylation sites (N-methyl/N-ethyl adjacent to an activating group) is 1. The largest absolute Gasteiger partial charge is 0.504 e. The molecule has 0 aliphatic carbocycles. The highest BCUT2D eigenvalue weighted by molar-refractivity contribution is 5.73. The Bertz CT molecular complexity index is 886. The van der Waals surface area contributed by atoms with Gasteiger partial charge in [-0.2, -0.15) is 0 Å². The van der Waals surface area contributed by atoms with E-state index in [-0.39, 0.29) is 17.4 Å². The van der Waals surface area contributed by atoms with Crippen molar-refractivity contribution in [2.24, 2.45) is 0 Å². The number of phenols is 1. The van der Waals surface area contributed by atoms with Crippen molar-refractivity contribution in [2.45, 2.75) is 19.2 Å². The molecule has 7 heteroatoms. The van der Waals surface area contributed by atoms with Gasteiger partial charge in [0.1, 0.15) is 5.82 Å². The van der Waals surface area contributed by atoms with Gasteiger partial charge in [-0.15, -0.1) is 0 Å². The van der Waals surface area contributed by atoms with E-state index in [1.54, 1.807) is 25.3 Å². The molecule has 3 heterocycles. The fourth-order valence-electron chi connectivity index (χ4n) is 3.73. The van der Waals surface area contributed by atoms with Crippen molar-refractivity contribution >= 4 is 5.82 Å². The van der Waals surface area contributed by atoms with Crippen molar-refractivity contribution in [2.75, 3.05) is 38.9 Å². The molecule has 0 saturated carbocycles. The molecule has 1 unspecified atom stereocenters. The first-order valence-corrected chi connectivity index (χ1v) is 8.66. The normalized spacial score (nSPS) is 18.8. The third-order valence-corrected chi connectivity index (χ3v) is 5.01. The smallest absolute Gasteiger partial charge is 0.184 e. The summed E-state index contributed by atoms with van der Waals surface area (Å²) in [6.45, 7) is 2.27. The molecule has 1 fully saturated rings. The Morgan fingerprint density at radius 2 is 2.15 bits per heavy atom. The number of nitrogens with zero attached hydrogens (tertiary/aromatic N) is 2. The summed E-state index contributed by atoms with van der Waals surface area (Å²) >= 11 is 0. The van der Waals surface area contributed by atoms with E-state index >= 15 is 0 Å². The van der Waals surface area contributed by atoms with Gasteiger partial charge in [-0.1, -0.05) is 0 Å². The summed E-state index contributed by atoms with van der Waals surface area (Å²) in [4.78, 5) is 14.3. The maximum absolute atomic E-state index is 12.4. The van der Waals surface area contributed by atoms with Crippen LogP contribution in [0, 0.1) is 0 Å². The fourth-order valence-corrected chi connectivity index (χ4v) is 3.73. The van der Waals surface area contributed by atoms with Gasteiger partial charge in [0.05, 0.1) is 32.6 Å². The second-order valence-electron chi connectivity index (χ2n) is 6.49. The van der Waals surface area contributed by atoms with Crippen molar-refractivity contribution in [3.63, 3.8) is 0 Å². The molecular formula is C19H22N2O5. The van der Waals surface area contributed by atoms with Gasteiger partial charge in [-0.3, -0.25) is 4.79 Å². The fraction of sp³-hybridized carbons (Fsp3) is 0.421. The Kier molecular flexibility index (Phi) is 4.34. The van der Waals surface area contributed by atoms with E-state index in [9.17, 15) is 9.90 Å². The lowest BCUT2D eigenvalue weighted by molar-refractivity contribution is -0.0869. The van der Waals surface area contributed by atoms with E-state index in [1.807, 2.05) is 18.0 Å². The van der Waals surface area contributed by atoms with Gasteiger partial charge in [0.2, 0.25) is 0 Å². The molecule has 0 radical (unpaired) electrons. The summed E-state index contributed by atoms with van der Waals surface area (Å²) in [6.07, 6.45) is 0.476. The van der Waals surface area contributed by atoms with Gasteiger partial charge in [0.25, 0.3) is 0 Å². The van der Waals surface area contributed by atoms with Crippen molar-refractivity contribution < 1.29 is 19.3 Å². The Morgan fingerprint density at radius 1 is 1.31 bits per heavy atom. The van der Waals surface area contributed by atoms with Crippen molar-refractivity contribution in [3.05, 3.63) is 40.1 Å². The van der Waals surface area contributed by atoms with Crippen LogP contribution < -0.4 is 15.1 Å². The van der Waals surface area contributed by atoms with E-state index in [0.717, 1.165) is 22.6 Å². The molecule has 2 aliphatic rings. The molecule has 1 N–H and O–H groups in total. The molecule has 1 aromatic heterocycles. The number of hydrogen-bond donors (Lipinski definition) is 1. The Labute approximate surface area is 151 Å². The number of aromatic nitrogens is 1. The molecule has 138 valence electrons. The third-order valence-electron chi connectivity index (χ3n) is 5.01. The molecule has 7 nitrogen and oxygen atoms in total. The van der Waals surface area contributed by atoms with Gasteiger partial charge in [0, 0.05) is 36.9 Å². The van der Waals surface area contributed by atoms with Crippen LogP contribution in [0.25, 0.3) is 11.3 Å². The van der Waals surface area contributed by atoms with E-state index in [1.165, 1.54) is 0 Å². The van der Waals surface area contributed by atoms with Gasteiger partial charge < -0.3 is 28.8 Å². The maximum atomic E-state index is 12.4. The molecule has 0 spiro atoms. The monoisotopic (exact) mass is 358 g/mol. The quantitative estimate of drug-likeness (QED) is 0.898. The van der Waals surface area contributed by atoms with Gasteiger partial charge in [-0.25, -0.2) is 0 Å². The first-order valence-electron chi connectivity index (χ1n) is 8.66. The summed E-state index contributed by atoms with van der Waals surface area (Å²) in [7, 11) is 3.45. The van der Waals surface area contributed by atoms with Crippen LogP contribution in [0.2, 0.25) is 0 Å². The maximum Gasteiger partial charge on any atom is 0.184 e. The number of aromatic hydroxyl groups is 1. The first kappa shape index (κ1) is 16.9. The molecule has 1 saturated heterocycles. The molecule has 2 aliphatic heterocycles. The summed E-state index contributed by atoms with van der Waals surface area (Å²) in [5.41, 5.74) is 2.56. The Balaban J connectivity index is 1.83. The van der Waals surface area contributed by atoms with Crippen LogP contribution in [0.3, 0.4) is 0 Å². The number of hydrogen-bond acceptors (Lipinski definition) is 6. The highest BCUT2D eigenvalue weighted by atomic mass is 16.6. The average molecular weight is 358 g/mol. The first-order chi connectivity index (χ1) is 12.6. The van der Waals surface area contributed by atoms with Crippen molar-refractivity contribution in [1.82, 2.24) is 4.57 Å². The predicted molar refractivity (Wildman–Crippen MR) is 97.0 cm³/mol. The van der Waals surface area contributed by atoms with Crippen LogP contribution in [-0.2, 0) is 22.4 Å². The number of benzene rings is 1. The lowest BCUT2D eigenvalue weighted by atomic mass is 9.95. The standard InChI is InChI=1S/C19H22N2O5/c1-20(18-11-25-7-8-26-18)17-10-12(22)9-15-13-3-4-16(23)19(24-2)14(13)5-6-21(15)17/h3-4,9-10,18,23H,5-8,11H2,1-2H3. The van der Waals surface area contributed by atoms with E-state index < -0.39 is 0 Å². The molecule has 1 atom stereocenters. The van der Waals surface area contributed by atoms with Crippen LogP contribution in [0.5, 0.6) is 11.5 Å². The van der Waals surface area contributed by atoms with E-state index in [2.05, 4.69) is 4.57 Å². The van der Waals surface area contributed by atoms with Gasteiger partial charge >= 0.3 is 0 Å². The van der Waals surface area contributed by atoms with Crippen LogP contribution in [0.1, 0.15) is 5.56 Å². The molecule has 26 heavy (non-hydrogen) atoms. The molecule has 1 aromatic carbocycles. The zero-order valence-electron chi connectivity index (χ0n) is 14.9. The highest BCUT2D eigenvalue weighted by Gasteiger charge is 2.27. The molecule has 0 bridgehead atoms. The van der Waals surface area contributed by atoms with Gasteiger partial charge in [0.15, 0.2) is 23.2 Å². The molecule has 2 aromatic rings. The minimum atomic E-state index is -0.224. The number of ether oxygens (including phenoxy) is 3. The minimum Gasteiger partial charge on any atom is -0.504 e. The highest BCUT2D eigenvalue weighted by Crippen LogP contribution is 2.41. The number of phenolic OH excluding ortho intramolecular Hbond substituents is 1. The predicted octanol–water partition coefficient (Wildman–Crippen LogP) is 1.59. The summed E-state index contributed by atoms with van der Waals surface area (Å²) < 4.78 is 18.8. The zero-order valence-corrected chi connectivity index (χ0v) is 14.9. The van der Waals surface area contributed by atoms with Gasteiger partial charge in [-0.05, 0) is 18.6 Å². The Morgan fingerprint density at radius 3 is 2.88 bits per heavy atom. The molecule has 0 amide bonds. The van der Waals surface area contributed by atoms with Crippen LogP contribution in [0.15, 0.2) is 29.1 Å². The second kappa shape index (κ2) is 6.66. The summed E-state index contributed by atoms with van der Waals surface area (Å²) in [5, 5.41) is 10.0. The third kappa shape index (κ3) is 2.73. The van der Waals surface area contributed by atoms with Crippen LogP contribution in [-0.4, -0.2) is 49.9 Å². The van der Waals surface area contributed by atoms with Crippen molar-refractivity contribution in [3.8, 4) is 22.8 Å². The average Bonchev–Trinajstić information content (AvgIpc) is 2.67. The number of fused-ring (bicyclic) bond motifs is 3. The zero-order chi connectivity index (χ0) is 18.3. The summed E-state index contributed by atoms with van der Waals surface area (Å²) in [6, 6.07) is 6.70. The van der Waals surface area contributed by atoms with Crippen LogP contribution >= 0.6 is 0 Å². The van der Waals surface area contributed by atoms with E-state index in [4.69, 9.17) is 14.2 Å². The topological polar surface area (TPSA) is 73.2 Å². The number of rotatable bonds is 3. The Hall–Kier alpha value is -2.51. The molecule has 4 rings (SSSR count). The molecular weight excluding hydrogens is 336 g/mol. The lowest BCUT2D eigenvalue weighted by Crippen LogP contribution is -2.44. The summed E-state index contributed by atoms with van der Waals surface area (Å²) in [5.74, 6) is 1.38. The van der Waals surface area contributed by atoms with Crippen LogP contribution in [0.4, 0.5) is 5.82 Å². The minimum absolute atomic E-state index is 0.0743.